The summed E-state index contributed by atoms with van der Waals surface area (Å²) in [5, 5.41) is 2.15. The lowest BCUT2D eigenvalue weighted by atomic mass is 10.2. The molecule has 0 aliphatic rings. The predicted octanol–water partition coefficient (Wildman–Crippen LogP) is 1.53. The maximum Gasteiger partial charge on any atom is 0.112 e. The van der Waals surface area contributed by atoms with E-state index in [0.717, 1.165) is 12.2 Å². The van der Waals surface area contributed by atoms with Crippen molar-refractivity contribution in [3.05, 3.63) is 40.1 Å². The Balaban J connectivity index is 2.15. The SMILES string of the molecule is Cn1ccnc1Cc1csc(CN)c1. The molecular formula is C10H13N3S. The average molecular weight is 207 g/mol. The fraction of sp³-hybridized carbons (Fsp3) is 0.300. The van der Waals surface area contributed by atoms with Gasteiger partial charge in [0, 0.05) is 37.3 Å². The fourth-order valence-electron chi connectivity index (χ4n) is 1.38. The van der Waals surface area contributed by atoms with E-state index in [1.54, 1.807) is 11.3 Å². The molecule has 2 aromatic heterocycles. The fourth-order valence-corrected chi connectivity index (χ4v) is 2.15. The van der Waals surface area contributed by atoms with Crippen LogP contribution in [0.15, 0.2) is 23.8 Å². The monoisotopic (exact) mass is 207 g/mol. The molecule has 74 valence electrons. The second-order valence-corrected chi connectivity index (χ2v) is 4.25. The molecule has 0 aliphatic heterocycles. The summed E-state index contributed by atoms with van der Waals surface area (Å²) in [6.07, 6.45) is 4.68. The molecule has 0 spiro atoms. The quantitative estimate of drug-likeness (QED) is 0.829. The molecule has 0 unspecified atom stereocenters. The number of aromatic nitrogens is 2. The van der Waals surface area contributed by atoms with Crippen molar-refractivity contribution in [2.24, 2.45) is 12.8 Å². The predicted molar refractivity (Wildman–Crippen MR) is 58.2 cm³/mol. The molecule has 0 saturated carbocycles. The molecule has 2 aromatic rings. The van der Waals surface area contributed by atoms with Gasteiger partial charge in [0.2, 0.25) is 0 Å². The van der Waals surface area contributed by atoms with Gasteiger partial charge in [-0.25, -0.2) is 4.98 Å². The van der Waals surface area contributed by atoms with Crippen LogP contribution in [-0.2, 0) is 20.0 Å². The van der Waals surface area contributed by atoms with E-state index in [4.69, 9.17) is 5.73 Å². The summed E-state index contributed by atoms with van der Waals surface area (Å²) in [6.45, 7) is 0.630. The van der Waals surface area contributed by atoms with Crippen LogP contribution in [0.25, 0.3) is 0 Å². The summed E-state index contributed by atoms with van der Waals surface area (Å²) in [7, 11) is 2.01. The summed E-state index contributed by atoms with van der Waals surface area (Å²) in [5.41, 5.74) is 6.85. The second kappa shape index (κ2) is 3.94. The molecule has 4 heteroatoms. The van der Waals surface area contributed by atoms with Gasteiger partial charge < -0.3 is 10.3 Å². The van der Waals surface area contributed by atoms with Crippen molar-refractivity contribution in [3.63, 3.8) is 0 Å². The minimum absolute atomic E-state index is 0.630. The highest BCUT2D eigenvalue weighted by Crippen LogP contribution is 2.16. The van der Waals surface area contributed by atoms with Crippen LogP contribution in [0.5, 0.6) is 0 Å². The molecule has 2 rings (SSSR count). The molecule has 0 atom stereocenters. The van der Waals surface area contributed by atoms with E-state index in [2.05, 4.69) is 16.4 Å². The van der Waals surface area contributed by atoms with Crippen LogP contribution in [0.4, 0.5) is 0 Å². The van der Waals surface area contributed by atoms with E-state index in [9.17, 15) is 0 Å². The molecule has 0 aliphatic carbocycles. The van der Waals surface area contributed by atoms with Crippen molar-refractivity contribution in [3.8, 4) is 0 Å². The number of nitrogens with zero attached hydrogens (tertiary/aromatic N) is 2. The van der Waals surface area contributed by atoms with Gasteiger partial charge >= 0.3 is 0 Å². The van der Waals surface area contributed by atoms with Crippen LogP contribution in [0, 0.1) is 0 Å². The van der Waals surface area contributed by atoms with Crippen LogP contribution < -0.4 is 5.73 Å². The van der Waals surface area contributed by atoms with Crippen LogP contribution >= 0.6 is 11.3 Å². The van der Waals surface area contributed by atoms with Crippen molar-refractivity contribution in [2.75, 3.05) is 0 Å². The maximum atomic E-state index is 5.56. The molecule has 0 bridgehead atoms. The van der Waals surface area contributed by atoms with Gasteiger partial charge in [-0.1, -0.05) is 0 Å². The standard InChI is InChI=1S/C10H13N3S/c1-13-3-2-12-10(13)5-8-4-9(6-11)14-7-8/h2-4,7H,5-6,11H2,1H3. The van der Waals surface area contributed by atoms with E-state index in [1.165, 1.54) is 10.4 Å². The number of rotatable bonds is 3. The van der Waals surface area contributed by atoms with E-state index in [0.29, 0.717) is 6.54 Å². The molecule has 0 saturated heterocycles. The Morgan fingerprint density at radius 3 is 3.00 bits per heavy atom. The number of aryl methyl sites for hydroxylation is 1. The largest absolute Gasteiger partial charge is 0.338 e. The lowest BCUT2D eigenvalue weighted by Gasteiger charge is -1.98. The molecule has 2 N–H and O–H groups in total. The molecular weight excluding hydrogens is 194 g/mol. The zero-order valence-corrected chi connectivity index (χ0v) is 8.92. The third-order valence-corrected chi connectivity index (χ3v) is 3.20. The van der Waals surface area contributed by atoms with Gasteiger partial charge in [0.1, 0.15) is 5.82 Å². The molecule has 0 aromatic carbocycles. The molecule has 0 radical (unpaired) electrons. The van der Waals surface area contributed by atoms with Crippen molar-refractivity contribution in [1.29, 1.82) is 0 Å². The van der Waals surface area contributed by atoms with E-state index >= 15 is 0 Å². The Hall–Kier alpha value is -1.13. The minimum Gasteiger partial charge on any atom is -0.338 e. The third-order valence-electron chi connectivity index (χ3n) is 2.19. The second-order valence-electron chi connectivity index (χ2n) is 3.26. The Labute approximate surface area is 87.2 Å². The number of hydrogen-bond donors (Lipinski definition) is 1. The molecule has 3 nitrogen and oxygen atoms in total. The molecule has 14 heavy (non-hydrogen) atoms. The Morgan fingerprint density at radius 1 is 1.57 bits per heavy atom. The topological polar surface area (TPSA) is 43.8 Å². The lowest BCUT2D eigenvalue weighted by molar-refractivity contribution is 0.822. The van der Waals surface area contributed by atoms with Crippen molar-refractivity contribution >= 4 is 11.3 Å². The first-order valence-corrected chi connectivity index (χ1v) is 5.40. The summed E-state index contributed by atoms with van der Waals surface area (Å²) in [4.78, 5) is 5.51. The van der Waals surface area contributed by atoms with Crippen LogP contribution in [-0.4, -0.2) is 9.55 Å². The zero-order valence-electron chi connectivity index (χ0n) is 8.10. The lowest BCUT2D eigenvalue weighted by Crippen LogP contribution is -1.97. The van der Waals surface area contributed by atoms with Gasteiger partial charge in [0.05, 0.1) is 0 Å². The molecule has 0 amide bonds. The van der Waals surface area contributed by atoms with E-state index in [-0.39, 0.29) is 0 Å². The van der Waals surface area contributed by atoms with Gasteiger partial charge in [-0.15, -0.1) is 11.3 Å². The summed E-state index contributed by atoms with van der Waals surface area (Å²) >= 11 is 1.72. The minimum atomic E-state index is 0.630. The number of imidazole rings is 1. The number of hydrogen-bond acceptors (Lipinski definition) is 3. The first-order chi connectivity index (χ1) is 6.79. The van der Waals surface area contributed by atoms with Gasteiger partial charge in [-0.2, -0.15) is 0 Å². The normalized spacial score (nSPS) is 10.7. The van der Waals surface area contributed by atoms with E-state index < -0.39 is 0 Å². The van der Waals surface area contributed by atoms with Gasteiger partial charge in [-0.05, 0) is 17.0 Å². The summed E-state index contributed by atoms with van der Waals surface area (Å²) in [5.74, 6) is 1.09. The Kier molecular flexibility index (Phi) is 2.65. The highest BCUT2D eigenvalue weighted by molar-refractivity contribution is 7.10. The van der Waals surface area contributed by atoms with Gasteiger partial charge in [-0.3, -0.25) is 0 Å². The van der Waals surface area contributed by atoms with Crippen molar-refractivity contribution in [2.45, 2.75) is 13.0 Å². The average Bonchev–Trinajstić information content (AvgIpc) is 2.77. The van der Waals surface area contributed by atoms with Gasteiger partial charge in [0.25, 0.3) is 0 Å². The van der Waals surface area contributed by atoms with Crippen molar-refractivity contribution < 1.29 is 0 Å². The molecule has 0 fully saturated rings. The van der Waals surface area contributed by atoms with Crippen LogP contribution in [0.2, 0.25) is 0 Å². The zero-order chi connectivity index (χ0) is 9.97. The molecule has 2 heterocycles. The summed E-state index contributed by atoms with van der Waals surface area (Å²) < 4.78 is 2.04. The van der Waals surface area contributed by atoms with Crippen molar-refractivity contribution in [1.82, 2.24) is 9.55 Å². The summed E-state index contributed by atoms with van der Waals surface area (Å²) in [6, 6.07) is 2.15. The number of nitrogens with two attached hydrogens (primary N) is 1. The van der Waals surface area contributed by atoms with Crippen LogP contribution in [0.1, 0.15) is 16.3 Å². The smallest absolute Gasteiger partial charge is 0.112 e. The maximum absolute atomic E-state index is 5.56. The highest BCUT2D eigenvalue weighted by Gasteiger charge is 2.03. The first kappa shape index (κ1) is 9.43. The third kappa shape index (κ3) is 1.86. The Morgan fingerprint density at radius 2 is 2.43 bits per heavy atom. The van der Waals surface area contributed by atoms with Gasteiger partial charge in [0.15, 0.2) is 0 Å². The van der Waals surface area contributed by atoms with Crippen LogP contribution in [0.3, 0.4) is 0 Å². The number of thiophene rings is 1. The Bertz CT molecular complexity index is 416. The highest BCUT2D eigenvalue weighted by atomic mass is 32.1. The van der Waals surface area contributed by atoms with E-state index in [1.807, 2.05) is 24.0 Å². The first-order valence-electron chi connectivity index (χ1n) is 4.52.